The Labute approximate surface area is 91.8 Å². The molecule has 0 fully saturated rings. The predicted molar refractivity (Wildman–Crippen MR) is 61.5 cm³/mol. The van der Waals surface area contributed by atoms with Crippen LogP contribution in [0.3, 0.4) is 0 Å². The van der Waals surface area contributed by atoms with Crippen LogP contribution >= 0.6 is 0 Å². The number of hydrogen-bond acceptors (Lipinski definition) is 3. The van der Waals surface area contributed by atoms with E-state index in [1.54, 1.807) is 6.20 Å². The van der Waals surface area contributed by atoms with Crippen molar-refractivity contribution in [3.63, 3.8) is 0 Å². The zero-order valence-electron chi connectivity index (χ0n) is 9.39. The number of hydrogen-bond donors (Lipinski definition) is 1. The van der Waals surface area contributed by atoms with E-state index in [-0.39, 0.29) is 0 Å². The summed E-state index contributed by atoms with van der Waals surface area (Å²) in [5, 5.41) is 8.64. The summed E-state index contributed by atoms with van der Waals surface area (Å²) in [7, 11) is 2.12. The van der Waals surface area contributed by atoms with Crippen molar-refractivity contribution in [1.82, 2.24) is 9.88 Å². The van der Waals surface area contributed by atoms with Gasteiger partial charge in [0.25, 0.3) is 0 Å². The molecule has 0 saturated carbocycles. The fraction of sp³-hybridized carbons (Fsp3) is 0.583. The van der Waals surface area contributed by atoms with Gasteiger partial charge in [0.1, 0.15) is 0 Å². The van der Waals surface area contributed by atoms with Gasteiger partial charge in [-0.05, 0) is 44.5 Å². The van der Waals surface area contributed by atoms with Gasteiger partial charge in [0.2, 0.25) is 0 Å². The van der Waals surface area contributed by atoms with E-state index in [0.29, 0.717) is 6.61 Å². The van der Waals surface area contributed by atoms with Crippen molar-refractivity contribution in [3.05, 3.63) is 30.1 Å². The zero-order valence-corrected chi connectivity index (χ0v) is 9.39. The maximum atomic E-state index is 8.64. The maximum Gasteiger partial charge on any atom is 0.0431 e. The van der Waals surface area contributed by atoms with E-state index in [9.17, 15) is 0 Å². The summed E-state index contributed by atoms with van der Waals surface area (Å²) in [6.45, 7) is 2.34. The van der Waals surface area contributed by atoms with Crippen LogP contribution in [0.25, 0.3) is 0 Å². The average molecular weight is 208 g/mol. The molecule has 0 bridgehead atoms. The third-order valence-electron chi connectivity index (χ3n) is 2.37. The molecule has 3 heteroatoms. The van der Waals surface area contributed by atoms with E-state index < -0.39 is 0 Å². The number of pyridine rings is 1. The number of nitrogens with zero attached hydrogens (tertiary/aromatic N) is 2. The number of aliphatic hydroxyl groups excluding tert-OH is 1. The van der Waals surface area contributed by atoms with Crippen LogP contribution in [0, 0.1) is 0 Å². The highest BCUT2D eigenvalue weighted by atomic mass is 16.2. The van der Waals surface area contributed by atoms with E-state index in [4.69, 9.17) is 5.11 Å². The Morgan fingerprint density at radius 3 is 2.87 bits per heavy atom. The second kappa shape index (κ2) is 7.37. The van der Waals surface area contributed by atoms with Gasteiger partial charge in [-0.1, -0.05) is 6.07 Å². The molecule has 0 spiro atoms. The number of unbranched alkanes of at least 4 members (excludes halogenated alkanes) is 2. The zero-order chi connectivity index (χ0) is 10.9. The fourth-order valence-corrected chi connectivity index (χ4v) is 1.55. The third kappa shape index (κ3) is 5.50. The fourth-order valence-electron chi connectivity index (χ4n) is 1.55. The molecule has 84 valence electrons. The molecule has 1 aromatic rings. The van der Waals surface area contributed by atoms with Crippen molar-refractivity contribution < 1.29 is 5.11 Å². The molecule has 0 amide bonds. The number of aromatic nitrogens is 1. The molecule has 0 aliphatic carbocycles. The van der Waals surface area contributed by atoms with E-state index >= 15 is 0 Å². The van der Waals surface area contributed by atoms with Gasteiger partial charge >= 0.3 is 0 Å². The molecule has 15 heavy (non-hydrogen) atoms. The lowest BCUT2D eigenvalue weighted by atomic mass is 10.2. The molecule has 1 heterocycles. The van der Waals surface area contributed by atoms with Gasteiger partial charge in [-0.2, -0.15) is 0 Å². The summed E-state index contributed by atoms with van der Waals surface area (Å²) in [5.41, 5.74) is 1.25. The predicted octanol–water partition coefficient (Wildman–Crippen LogP) is 1.68. The van der Waals surface area contributed by atoms with Crippen molar-refractivity contribution in [2.45, 2.75) is 25.8 Å². The van der Waals surface area contributed by atoms with Gasteiger partial charge in [-0.3, -0.25) is 4.98 Å². The smallest absolute Gasteiger partial charge is 0.0431 e. The molecule has 0 unspecified atom stereocenters. The van der Waals surface area contributed by atoms with Crippen molar-refractivity contribution in [2.75, 3.05) is 20.2 Å². The van der Waals surface area contributed by atoms with Gasteiger partial charge in [0.15, 0.2) is 0 Å². The topological polar surface area (TPSA) is 36.4 Å². The van der Waals surface area contributed by atoms with Crippen LogP contribution in [-0.2, 0) is 6.54 Å². The van der Waals surface area contributed by atoms with E-state index in [1.165, 1.54) is 5.56 Å². The molecular weight excluding hydrogens is 188 g/mol. The van der Waals surface area contributed by atoms with Crippen LogP contribution < -0.4 is 0 Å². The first-order chi connectivity index (χ1) is 7.33. The molecule has 3 nitrogen and oxygen atoms in total. The van der Waals surface area contributed by atoms with Crippen LogP contribution in [0.5, 0.6) is 0 Å². The highest BCUT2D eigenvalue weighted by Crippen LogP contribution is 2.03. The highest BCUT2D eigenvalue weighted by molar-refractivity contribution is 5.07. The quantitative estimate of drug-likeness (QED) is 0.693. The average Bonchev–Trinajstić information content (AvgIpc) is 2.26. The minimum atomic E-state index is 0.312. The van der Waals surface area contributed by atoms with Gasteiger partial charge in [0.05, 0.1) is 0 Å². The van der Waals surface area contributed by atoms with Crippen molar-refractivity contribution in [2.24, 2.45) is 0 Å². The second-order valence-corrected chi connectivity index (χ2v) is 3.88. The lowest BCUT2D eigenvalue weighted by Crippen LogP contribution is -2.19. The third-order valence-corrected chi connectivity index (χ3v) is 2.37. The Bertz CT molecular complexity index is 251. The molecule has 0 aromatic carbocycles. The Kier molecular flexibility index (Phi) is 5.97. The number of aliphatic hydroxyl groups is 1. The lowest BCUT2D eigenvalue weighted by Gasteiger charge is -2.15. The standard InChI is InChI=1S/C12H20N2O/c1-14(8-3-2-4-9-15)11-12-6-5-7-13-10-12/h5-7,10,15H,2-4,8-9,11H2,1H3. The molecule has 1 N–H and O–H groups in total. The van der Waals surface area contributed by atoms with Crippen molar-refractivity contribution >= 4 is 0 Å². The summed E-state index contributed by atoms with van der Waals surface area (Å²) < 4.78 is 0. The summed E-state index contributed by atoms with van der Waals surface area (Å²) in [6.07, 6.45) is 6.88. The summed E-state index contributed by atoms with van der Waals surface area (Å²) in [4.78, 5) is 6.37. The van der Waals surface area contributed by atoms with Gasteiger partial charge in [0, 0.05) is 25.5 Å². The summed E-state index contributed by atoms with van der Waals surface area (Å²) in [5.74, 6) is 0. The Hall–Kier alpha value is -0.930. The largest absolute Gasteiger partial charge is 0.396 e. The first-order valence-electron chi connectivity index (χ1n) is 5.51. The molecule has 0 aliphatic rings. The summed E-state index contributed by atoms with van der Waals surface area (Å²) >= 11 is 0. The van der Waals surface area contributed by atoms with Crippen LogP contribution in [0.4, 0.5) is 0 Å². The van der Waals surface area contributed by atoms with E-state index in [2.05, 4.69) is 23.0 Å². The van der Waals surface area contributed by atoms with Gasteiger partial charge in [-0.25, -0.2) is 0 Å². The molecule has 1 rings (SSSR count). The van der Waals surface area contributed by atoms with Crippen LogP contribution in [0.15, 0.2) is 24.5 Å². The minimum Gasteiger partial charge on any atom is -0.396 e. The Balaban J connectivity index is 2.16. The van der Waals surface area contributed by atoms with Crippen molar-refractivity contribution in [1.29, 1.82) is 0 Å². The van der Waals surface area contributed by atoms with Crippen LogP contribution in [-0.4, -0.2) is 35.2 Å². The van der Waals surface area contributed by atoms with E-state index in [1.807, 2.05) is 12.3 Å². The lowest BCUT2D eigenvalue weighted by molar-refractivity contribution is 0.271. The van der Waals surface area contributed by atoms with Gasteiger partial charge in [-0.15, -0.1) is 0 Å². The van der Waals surface area contributed by atoms with Crippen LogP contribution in [0.2, 0.25) is 0 Å². The molecule has 1 aromatic heterocycles. The Morgan fingerprint density at radius 1 is 1.33 bits per heavy atom. The monoisotopic (exact) mass is 208 g/mol. The van der Waals surface area contributed by atoms with Crippen molar-refractivity contribution in [3.8, 4) is 0 Å². The molecule has 0 radical (unpaired) electrons. The van der Waals surface area contributed by atoms with E-state index in [0.717, 1.165) is 32.4 Å². The molecule has 0 atom stereocenters. The highest BCUT2D eigenvalue weighted by Gasteiger charge is 1.99. The van der Waals surface area contributed by atoms with Gasteiger partial charge < -0.3 is 10.0 Å². The first kappa shape index (κ1) is 12.1. The molecule has 0 saturated heterocycles. The Morgan fingerprint density at radius 2 is 2.20 bits per heavy atom. The molecular formula is C12H20N2O. The maximum absolute atomic E-state index is 8.64. The number of rotatable bonds is 7. The first-order valence-corrected chi connectivity index (χ1v) is 5.51. The normalized spacial score (nSPS) is 10.9. The second-order valence-electron chi connectivity index (χ2n) is 3.88. The SMILES string of the molecule is CN(CCCCCO)Cc1cccnc1. The van der Waals surface area contributed by atoms with Crippen LogP contribution in [0.1, 0.15) is 24.8 Å². The minimum absolute atomic E-state index is 0.312. The molecule has 0 aliphatic heterocycles. The summed E-state index contributed by atoms with van der Waals surface area (Å²) in [6, 6.07) is 4.06.